The average molecular weight is 397 g/mol. The highest BCUT2D eigenvalue weighted by Gasteiger charge is 2.11. The van der Waals surface area contributed by atoms with Crippen LogP contribution in [-0.2, 0) is 5.75 Å². The van der Waals surface area contributed by atoms with Gasteiger partial charge in [-0.1, -0.05) is 63.7 Å². The topological polar surface area (TPSA) is 35.0 Å². The van der Waals surface area contributed by atoms with E-state index >= 15 is 0 Å². The summed E-state index contributed by atoms with van der Waals surface area (Å²) in [5.74, 6) is 2.48. The molecular formula is C23H25FN2OS. The molecule has 0 aliphatic carbocycles. The first kappa shape index (κ1) is 20.3. The number of aromatic nitrogens is 2. The van der Waals surface area contributed by atoms with Crippen molar-refractivity contribution in [2.75, 3.05) is 0 Å². The van der Waals surface area contributed by atoms with E-state index in [0.717, 1.165) is 17.0 Å². The van der Waals surface area contributed by atoms with Gasteiger partial charge in [0, 0.05) is 11.8 Å². The Kier molecular flexibility index (Phi) is 6.68. The number of thioether (sulfide) groups is 1. The van der Waals surface area contributed by atoms with Gasteiger partial charge >= 0.3 is 0 Å². The molecule has 1 heterocycles. The lowest BCUT2D eigenvalue weighted by atomic mass is 10.0. The summed E-state index contributed by atoms with van der Waals surface area (Å²) in [5.41, 5.74) is 3.23. The fourth-order valence-electron chi connectivity index (χ4n) is 2.60. The van der Waals surface area contributed by atoms with Crippen LogP contribution in [0.5, 0.6) is 11.6 Å². The van der Waals surface area contributed by atoms with Crippen LogP contribution in [0.1, 0.15) is 56.4 Å². The molecule has 0 aliphatic heterocycles. The van der Waals surface area contributed by atoms with E-state index < -0.39 is 0 Å². The molecule has 0 bridgehead atoms. The molecule has 146 valence electrons. The summed E-state index contributed by atoms with van der Waals surface area (Å²) in [6.45, 7) is 8.52. The highest BCUT2D eigenvalue weighted by Crippen LogP contribution is 2.28. The molecule has 0 radical (unpaired) electrons. The lowest BCUT2D eigenvalue weighted by Crippen LogP contribution is -2.00. The Morgan fingerprint density at radius 2 is 1.57 bits per heavy atom. The maximum Gasteiger partial charge on any atom is 0.223 e. The van der Waals surface area contributed by atoms with Gasteiger partial charge in [-0.15, -0.1) is 0 Å². The lowest BCUT2D eigenvalue weighted by molar-refractivity contribution is 0.452. The van der Waals surface area contributed by atoms with Gasteiger partial charge in [0.25, 0.3) is 0 Å². The minimum Gasteiger partial charge on any atom is -0.439 e. The Labute approximate surface area is 170 Å². The van der Waals surface area contributed by atoms with Crippen molar-refractivity contribution in [2.24, 2.45) is 0 Å². The fourth-order valence-corrected chi connectivity index (χ4v) is 3.42. The van der Waals surface area contributed by atoms with Crippen LogP contribution in [0.15, 0.2) is 59.8 Å². The number of ether oxygens (including phenoxy) is 1. The third-order valence-electron chi connectivity index (χ3n) is 4.34. The number of rotatable bonds is 7. The van der Waals surface area contributed by atoms with Gasteiger partial charge < -0.3 is 4.74 Å². The van der Waals surface area contributed by atoms with E-state index in [4.69, 9.17) is 4.74 Å². The van der Waals surface area contributed by atoms with Gasteiger partial charge in [0.15, 0.2) is 5.16 Å². The highest BCUT2D eigenvalue weighted by molar-refractivity contribution is 7.98. The monoisotopic (exact) mass is 396 g/mol. The lowest BCUT2D eigenvalue weighted by Gasteiger charge is -2.12. The molecule has 0 amide bonds. The number of hydrogen-bond acceptors (Lipinski definition) is 4. The molecule has 0 fully saturated rings. The molecule has 28 heavy (non-hydrogen) atoms. The van der Waals surface area contributed by atoms with Crippen LogP contribution in [-0.4, -0.2) is 9.97 Å². The summed E-state index contributed by atoms with van der Waals surface area (Å²) < 4.78 is 19.1. The molecular weight excluding hydrogens is 371 g/mol. The largest absolute Gasteiger partial charge is 0.439 e. The zero-order valence-electron chi connectivity index (χ0n) is 16.6. The van der Waals surface area contributed by atoms with Gasteiger partial charge in [-0.25, -0.2) is 9.37 Å². The smallest absolute Gasteiger partial charge is 0.223 e. The molecule has 3 rings (SSSR count). The summed E-state index contributed by atoms with van der Waals surface area (Å²) in [6, 6.07) is 16.5. The minimum absolute atomic E-state index is 0.231. The molecule has 0 N–H and O–H groups in total. The highest BCUT2D eigenvalue weighted by atomic mass is 32.2. The van der Waals surface area contributed by atoms with E-state index in [-0.39, 0.29) is 11.7 Å². The van der Waals surface area contributed by atoms with Gasteiger partial charge in [0.2, 0.25) is 5.88 Å². The zero-order valence-corrected chi connectivity index (χ0v) is 17.5. The summed E-state index contributed by atoms with van der Waals surface area (Å²) in [7, 11) is 0. The second-order valence-electron chi connectivity index (χ2n) is 7.31. The standard InChI is InChI=1S/C23H25FN2OS/c1-15(2)18-7-11-20(12-8-18)27-22-13-21(16(3)4)25-23(26-22)28-14-17-5-9-19(24)10-6-17/h5-13,15-16H,14H2,1-4H3. The van der Waals surface area contributed by atoms with Crippen molar-refractivity contribution < 1.29 is 9.13 Å². The van der Waals surface area contributed by atoms with Crippen molar-refractivity contribution in [1.82, 2.24) is 9.97 Å². The Morgan fingerprint density at radius 3 is 2.18 bits per heavy atom. The van der Waals surface area contributed by atoms with Gasteiger partial charge in [0.05, 0.1) is 5.69 Å². The number of halogens is 1. The second kappa shape index (κ2) is 9.20. The van der Waals surface area contributed by atoms with E-state index in [1.165, 1.54) is 29.5 Å². The third-order valence-corrected chi connectivity index (χ3v) is 5.26. The van der Waals surface area contributed by atoms with Crippen molar-refractivity contribution in [3.63, 3.8) is 0 Å². The van der Waals surface area contributed by atoms with E-state index in [1.807, 2.05) is 18.2 Å². The maximum atomic E-state index is 13.1. The van der Waals surface area contributed by atoms with Gasteiger partial charge in [-0.3, -0.25) is 0 Å². The Bertz CT molecular complexity index is 909. The summed E-state index contributed by atoms with van der Waals surface area (Å²) in [6.07, 6.45) is 0. The molecule has 0 unspecified atom stereocenters. The van der Waals surface area contributed by atoms with Crippen molar-refractivity contribution in [3.05, 3.63) is 77.2 Å². The summed E-state index contributed by atoms with van der Waals surface area (Å²) in [5, 5.41) is 0.657. The summed E-state index contributed by atoms with van der Waals surface area (Å²) >= 11 is 1.52. The van der Waals surface area contributed by atoms with Crippen LogP contribution in [0.25, 0.3) is 0 Å². The van der Waals surface area contributed by atoms with Crippen LogP contribution in [0.2, 0.25) is 0 Å². The van der Waals surface area contributed by atoms with Crippen molar-refractivity contribution in [1.29, 1.82) is 0 Å². The Balaban J connectivity index is 1.77. The van der Waals surface area contributed by atoms with Crippen molar-refractivity contribution >= 4 is 11.8 Å². The molecule has 0 spiro atoms. The second-order valence-corrected chi connectivity index (χ2v) is 8.25. The van der Waals surface area contributed by atoms with E-state index in [9.17, 15) is 4.39 Å². The third kappa shape index (κ3) is 5.55. The molecule has 0 saturated heterocycles. The fraction of sp³-hybridized carbons (Fsp3) is 0.304. The normalized spacial score (nSPS) is 11.2. The molecule has 0 aliphatic rings. The molecule has 3 nitrogen and oxygen atoms in total. The van der Waals surface area contributed by atoms with E-state index in [2.05, 4.69) is 49.8 Å². The van der Waals surface area contributed by atoms with Gasteiger partial charge in [0.1, 0.15) is 11.6 Å². The van der Waals surface area contributed by atoms with Crippen LogP contribution in [0, 0.1) is 5.82 Å². The average Bonchev–Trinajstić information content (AvgIpc) is 2.68. The number of nitrogens with zero attached hydrogens (tertiary/aromatic N) is 2. The molecule has 3 aromatic rings. The number of benzene rings is 2. The first-order chi connectivity index (χ1) is 13.4. The molecule has 0 atom stereocenters. The molecule has 2 aromatic carbocycles. The Morgan fingerprint density at radius 1 is 0.893 bits per heavy atom. The van der Waals surface area contributed by atoms with Crippen molar-refractivity contribution in [2.45, 2.75) is 50.4 Å². The minimum atomic E-state index is -0.231. The Hall–Kier alpha value is -2.40. The molecule has 5 heteroatoms. The predicted molar refractivity (Wildman–Crippen MR) is 113 cm³/mol. The quantitative estimate of drug-likeness (QED) is 0.320. The SMILES string of the molecule is CC(C)c1ccc(Oc2cc(C(C)C)nc(SCc3ccc(F)cc3)n2)cc1. The maximum absolute atomic E-state index is 13.1. The van der Waals surface area contributed by atoms with E-state index in [0.29, 0.717) is 22.7 Å². The zero-order chi connectivity index (χ0) is 20.1. The van der Waals surface area contributed by atoms with Crippen LogP contribution in [0.4, 0.5) is 4.39 Å². The van der Waals surface area contributed by atoms with E-state index in [1.54, 1.807) is 12.1 Å². The molecule has 1 aromatic heterocycles. The first-order valence-corrected chi connectivity index (χ1v) is 10.4. The number of hydrogen-bond donors (Lipinski definition) is 0. The van der Waals surface area contributed by atoms with Crippen LogP contribution < -0.4 is 4.74 Å². The first-order valence-electron chi connectivity index (χ1n) is 9.44. The predicted octanol–water partition coefficient (Wildman–Crippen LogP) is 6.95. The van der Waals surface area contributed by atoms with Crippen molar-refractivity contribution in [3.8, 4) is 11.6 Å². The van der Waals surface area contributed by atoms with Gasteiger partial charge in [-0.2, -0.15) is 4.98 Å². The van der Waals surface area contributed by atoms with Gasteiger partial charge in [-0.05, 0) is 47.2 Å². The van der Waals surface area contributed by atoms with Crippen LogP contribution >= 0.6 is 11.8 Å². The summed E-state index contributed by atoms with van der Waals surface area (Å²) in [4.78, 5) is 9.20. The van der Waals surface area contributed by atoms with Crippen LogP contribution in [0.3, 0.4) is 0 Å². The molecule has 0 saturated carbocycles.